The van der Waals surface area contributed by atoms with Gasteiger partial charge in [-0.3, -0.25) is 0 Å². The Morgan fingerprint density at radius 1 is 0.500 bits per heavy atom. The maximum Gasteiger partial charge on any atom is 0.169 e. The van der Waals surface area contributed by atoms with E-state index in [9.17, 15) is 0 Å². The van der Waals surface area contributed by atoms with Crippen molar-refractivity contribution in [2.24, 2.45) is 0 Å². The topological polar surface area (TPSA) is 3.88 Å². The quantitative estimate of drug-likeness (QED) is 0.155. The Kier molecular flexibility index (Phi) is 17.5. The molecule has 1 nitrogen and oxygen atoms in total. The normalized spacial score (nSPS) is 11.2. The Morgan fingerprint density at radius 2 is 0.893 bits per heavy atom. The second kappa shape index (κ2) is 19.5. The number of unbranched alkanes of at least 4 members (excludes halogenated alkanes) is 16. The molecule has 0 fully saturated rings. The van der Waals surface area contributed by atoms with E-state index in [2.05, 4.69) is 42.9 Å². The summed E-state index contributed by atoms with van der Waals surface area (Å²) in [5.41, 5.74) is 1.51. The van der Waals surface area contributed by atoms with Gasteiger partial charge < -0.3 is 0 Å². The molecule has 0 saturated heterocycles. The summed E-state index contributed by atoms with van der Waals surface area (Å²) in [6.45, 7) is 5.67. The Morgan fingerprint density at radius 3 is 1.29 bits per heavy atom. The van der Waals surface area contributed by atoms with Crippen molar-refractivity contribution in [3.8, 4) is 0 Å². The molecule has 0 bridgehead atoms. The summed E-state index contributed by atoms with van der Waals surface area (Å²) in [5.74, 6) is 0. The lowest BCUT2D eigenvalue weighted by Crippen LogP contribution is -2.32. The van der Waals surface area contributed by atoms with Crippen LogP contribution in [0.25, 0.3) is 0 Å². The van der Waals surface area contributed by atoms with Crippen LogP contribution >= 0.6 is 0 Å². The summed E-state index contributed by atoms with van der Waals surface area (Å²) >= 11 is 0. The van der Waals surface area contributed by atoms with Gasteiger partial charge in [0, 0.05) is 18.6 Å². The average molecular weight is 389 g/mol. The number of aromatic nitrogens is 1. The van der Waals surface area contributed by atoms with Crippen molar-refractivity contribution in [2.45, 2.75) is 142 Å². The summed E-state index contributed by atoms with van der Waals surface area (Å²) in [4.78, 5) is 0. The number of pyridine rings is 1. The van der Waals surface area contributed by atoms with Crippen molar-refractivity contribution in [1.82, 2.24) is 0 Å². The number of hydrogen-bond acceptors (Lipinski definition) is 0. The van der Waals surface area contributed by atoms with Crippen molar-refractivity contribution in [3.05, 3.63) is 30.1 Å². The van der Waals surface area contributed by atoms with E-state index >= 15 is 0 Å². The van der Waals surface area contributed by atoms with Gasteiger partial charge in [-0.15, -0.1) is 0 Å². The van der Waals surface area contributed by atoms with Crippen molar-refractivity contribution in [3.63, 3.8) is 0 Å². The highest BCUT2D eigenvalue weighted by atomic mass is 14.9. The molecule has 0 unspecified atom stereocenters. The van der Waals surface area contributed by atoms with Gasteiger partial charge in [0.1, 0.15) is 6.54 Å². The molecular formula is C27H50N+. The van der Waals surface area contributed by atoms with Crippen molar-refractivity contribution >= 4 is 0 Å². The van der Waals surface area contributed by atoms with E-state index in [0.717, 1.165) is 6.54 Å². The predicted octanol–water partition coefficient (Wildman–Crippen LogP) is 8.58. The highest BCUT2D eigenvalue weighted by Crippen LogP contribution is 2.14. The largest absolute Gasteiger partial charge is 0.205 e. The molecule has 0 aromatic carbocycles. The fraction of sp³-hybridized carbons (Fsp3) is 0.815. The van der Waals surface area contributed by atoms with Gasteiger partial charge in [0.05, 0.1) is 0 Å². The molecule has 0 aliphatic rings. The van der Waals surface area contributed by atoms with E-state index in [1.54, 1.807) is 0 Å². The third-order valence-electron chi connectivity index (χ3n) is 6.01. The van der Waals surface area contributed by atoms with Crippen LogP contribution in [0.2, 0.25) is 0 Å². The molecule has 1 aromatic rings. The summed E-state index contributed by atoms with van der Waals surface area (Å²) in [6, 6.07) is 4.62. The molecule has 0 amide bonds. The predicted molar refractivity (Wildman–Crippen MR) is 125 cm³/mol. The Hall–Kier alpha value is -0.850. The molecule has 0 radical (unpaired) electrons. The minimum absolute atomic E-state index is 1.14. The van der Waals surface area contributed by atoms with Crippen LogP contribution in [0.4, 0.5) is 0 Å². The van der Waals surface area contributed by atoms with Crippen molar-refractivity contribution in [1.29, 1.82) is 0 Å². The van der Waals surface area contributed by atoms with Gasteiger partial charge in [-0.05, 0) is 18.4 Å². The molecule has 1 heterocycles. The Labute approximate surface area is 177 Å². The summed E-state index contributed by atoms with van der Waals surface area (Å²) in [5, 5.41) is 0. The van der Waals surface area contributed by atoms with Gasteiger partial charge in [-0.2, -0.15) is 0 Å². The maximum atomic E-state index is 2.31. The lowest BCUT2D eigenvalue weighted by Gasteiger charge is -2.04. The first-order valence-electron chi connectivity index (χ1n) is 12.8. The molecular weight excluding hydrogens is 338 g/mol. The van der Waals surface area contributed by atoms with Crippen LogP contribution in [0, 0.1) is 0 Å². The second-order valence-corrected chi connectivity index (χ2v) is 8.85. The zero-order chi connectivity index (χ0) is 20.1. The molecule has 1 heteroatoms. The number of rotatable bonds is 20. The van der Waals surface area contributed by atoms with Crippen LogP contribution in [-0.2, 0) is 13.0 Å². The standard InChI is InChI=1S/C27H50N/c1-3-5-6-7-8-9-10-11-12-13-14-15-16-17-18-19-20-21-27-22-25-28(24-4-2)26-23-27/h22-23,25-26H,3-21,24H2,1-2H3/q+1. The van der Waals surface area contributed by atoms with Crippen LogP contribution in [0.1, 0.15) is 135 Å². The zero-order valence-corrected chi connectivity index (χ0v) is 19.4. The molecule has 0 atom stereocenters. The van der Waals surface area contributed by atoms with Crippen molar-refractivity contribution < 1.29 is 4.57 Å². The molecule has 0 N–H and O–H groups in total. The van der Waals surface area contributed by atoms with Crippen LogP contribution < -0.4 is 4.57 Å². The molecule has 1 aromatic heterocycles. The van der Waals surface area contributed by atoms with Crippen LogP contribution in [0.15, 0.2) is 24.5 Å². The smallest absolute Gasteiger partial charge is 0.169 e. The van der Waals surface area contributed by atoms with E-state index in [4.69, 9.17) is 0 Å². The fourth-order valence-electron chi connectivity index (χ4n) is 4.12. The van der Waals surface area contributed by atoms with E-state index in [-0.39, 0.29) is 0 Å². The average Bonchev–Trinajstić information content (AvgIpc) is 2.72. The van der Waals surface area contributed by atoms with Gasteiger partial charge >= 0.3 is 0 Å². The van der Waals surface area contributed by atoms with Gasteiger partial charge in [0.15, 0.2) is 12.4 Å². The minimum Gasteiger partial charge on any atom is -0.205 e. The Balaban J connectivity index is 1.77. The maximum absolute atomic E-state index is 2.31. The fourth-order valence-corrected chi connectivity index (χ4v) is 4.12. The summed E-state index contributed by atoms with van der Waals surface area (Å²) < 4.78 is 2.29. The monoisotopic (exact) mass is 388 g/mol. The molecule has 28 heavy (non-hydrogen) atoms. The summed E-state index contributed by atoms with van der Waals surface area (Å²) in [6.07, 6.45) is 31.6. The Bertz CT molecular complexity index is 422. The first kappa shape index (κ1) is 25.2. The van der Waals surface area contributed by atoms with Crippen LogP contribution in [-0.4, -0.2) is 0 Å². The molecule has 0 aliphatic heterocycles. The highest BCUT2D eigenvalue weighted by molar-refractivity contribution is 5.07. The van der Waals surface area contributed by atoms with Crippen LogP contribution in [0.3, 0.4) is 0 Å². The molecule has 0 spiro atoms. The third-order valence-corrected chi connectivity index (χ3v) is 6.01. The lowest BCUT2D eigenvalue weighted by molar-refractivity contribution is -0.697. The van der Waals surface area contributed by atoms with E-state index in [1.807, 2.05) is 0 Å². The van der Waals surface area contributed by atoms with Gasteiger partial charge in [0.2, 0.25) is 0 Å². The zero-order valence-electron chi connectivity index (χ0n) is 19.4. The number of nitrogens with zero attached hydrogens (tertiary/aromatic N) is 1. The first-order valence-corrected chi connectivity index (χ1v) is 12.8. The third kappa shape index (κ3) is 15.1. The first-order chi connectivity index (χ1) is 13.9. The number of aryl methyl sites for hydroxylation is 2. The van der Waals surface area contributed by atoms with E-state index in [0.29, 0.717) is 0 Å². The van der Waals surface area contributed by atoms with E-state index < -0.39 is 0 Å². The molecule has 1 rings (SSSR count). The lowest BCUT2D eigenvalue weighted by atomic mass is 10.0. The molecule has 162 valence electrons. The van der Waals surface area contributed by atoms with Gasteiger partial charge in [-0.1, -0.05) is 117 Å². The highest BCUT2D eigenvalue weighted by Gasteiger charge is 2.00. The van der Waals surface area contributed by atoms with Crippen molar-refractivity contribution in [2.75, 3.05) is 0 Å². The molecule has 0 aliphatic carbocycles. The summed E-state index contributed by atoms with van der Waals surface area (Å²) in [7, 11) is 0. The van der Waals surface area contributed by atoms with Gasteiger partial charge in [-0.25, -0.2) is 4.57 Å². The SMILES string of the molecule is CCCCCCCCCCCCCCCCCCCc1cc[n+](CCC)cc1. The van der Waals surface area contributed by atoms with Crippen LogP contribution in [0.5, 0.6) is 0 Å². The molecule has 0 saturated carbocycles. The van der Waals surface area contributed by atoms with E-state index in [1.165, 1.54) is 128 Å². The number of hydrogen-bond donors (Lipinski definition) is 0. The van der Waals surface area contributed by atoms with Gasteiger partial charge in [0.25, 0.3) is 0 Å². The minimum atomic E-state index is 1.14. The second-order valence-electron chi connectivity index (χ2n) is 8.85.